The normalized spacial score (nSPS) is 28.2. The highest BCUT2D eigenvalue weighted by atomic mass is 16.6. The fraction of sp³-hybridized carbons (Fsp3) is 0.500. The van der Waals surface area contributed by atoms with Gasteiger partial charge in [0.05, 0.1) is 11.0 Å². The summed E-state index contributed by atoms with van der Waals surface area (Å²) in [5.74, 6) is 0. The van der Waals surface area contributed by atoms with Crippen molar-refractivity contribution in [2.45, 2.75) is 43.8 Å². The highest BCUT2D eigenvalue weighted by Gasteiger charge is 2.41. The number of nitrogens with two attached hydrogens (primary N) is 1. The van der Waals surface area contributed by atoms with Crippen LogP contribution in [-0.2, 0) is 0 Å². The first-order chi connectivity index (χ1) is 10.1. The first-order valence-electron chi connectivity index (χ1n) is 7.21. The van der Waals surface area contributed by atoms with E-state index in [2.05, 4.69) is 9.88 Å². The van der Waals surface area contributed by atoms with Crippen molar-refractivity contribution in [1.29, 1.82) is 0 Å². The molecule has 2 aromatic rings. The molecule has 0 aliphatic carbocycles. The first-order valence-corrected chi connectivity index (χ1v) is 7.21. The molecule has 2 N–H and O–H groups in total. The Morgan fingerprint density at radius 2 is 2.05 bits per heavy atom. The summed E-state index contributed by atoms with van der Waals surface area (Å²) >= 11 is 0. The van der Waals surface area contributed by atoms with Crippen molar-refractivity contribution < 1.29 is 9.34 Å². The number of oxazole rings is 1. The van der Waals surface area contributed by atoms with Crippen LogP contribution in [0.25, 0.3) is 11.1 Å². The summed E-state index contributed by atoms with van der Waals surface area (Å²) in [5.41, 5.74) is 7.22. The molecule has 0 amide bonds. The Morgan fingerprint density at radius 1 is 1.33 bits per heavy atom. The molecule has 2 unspecified atom stereocenters. The lowest BCUT2D eigenvalue weighted by Gasteiger charge is -2.36. The van der Waals surface area contributed by atoms with Crippen molar-refractivity contribution in [2.75, 3.05) is 4.90 Å². The zero-order valence-corrected chi connectivity index (χ0v) is 11.4. The molecule has 0 spiro atoms. The van der Waals surface area contributed by atoms with E-state index in [4.69, 9.17) is 10.2 Å². The van der Waals surface area contributed by atoms with E-state index in [1.165, 1.54) is 12.1 Å². The summed E-state index contributed by atoms with van der Waals surface area (Å²) in [5, 5.41) is 10.8. The predicted molar refractivity (Wildman–Crippen MR) is 77.2 cm³/mol. The number of piperidine rings is 1. The summed E-state index contributed by atoms with van der Waals surface area (Å²) in [7, 11) is 0. The first kappa shape index (κ1) is 12.6. The van der Waals surface area contributed by atoms with Crippen LogP contribution in [0.3, 0.4) is 0 Å². The third-order valence-corrected chi connectivity index (χ3v) is 4.56. The second-order valence-electron chi connectivity index (χ2n) is 5.93. The Bertz CT molecular complexity index is 699. The number of nitrogens with zero attached hydrogens (tertiary/aromatic N) is 3. The Kier molecular flexibility index (Phi) is 2.65. The minimum absolute atomic E-state index is 0.0221. The fourth-order valence-electron chi connectivity index (χ4n) is 3.66. The van der Waals surface area contributed by atoms with Crippen LogP contribution in [-0.4, -0.2) is 28.0 Å². The summed E-state index contributed by atoms with van der Waals surface area (Å²) < 4.78 is 5.78. The zero-order chi connectivity index (χ0) is 14.6. The van der Waals surface area contributed by atoms with E-state index in [0.717, 1.165) is 25.7 Å². The van der Waals surface area contributed by atoms with Crippen LogP contribution in [0.1, 0.15) is 25.7 Å². The van der Waals surface area contributed by atoms with Crippen LogP contribution in [0.4, 0.5) is 11.7 Å². The molecule has 0 radical (unpaired) electrons. The maximum absolute atomic E-state index is 10.8. The summed E-state index contributed by atoms with van der Waals surface area (Å²) in [6, 6.07) is 6.11. The number of non-ortho nitro benzene ring substituents is 1. The van der Waals surface area contributed by atoms with Gasteiger partial charge in [-0.25, -0.2) is 0 Å². The number of benzene rings is 1. The molecule has 21 heavy (non-hydrogen) atoms. The summed E-state index contributed by atoms with van der Waals surface area (Å²) in [6.45, 7) is 0. The molecule has 2 saturated heterocycles. The van der Waals surface area contributed by atoms with Crippen molar-refractivity contribution in [3.8, 4) is 0 Å². The number of hydrogen-bond donors (Lipinski definition) is 1. The maximum atomic E-state index is 10.8. The molecule has 2 atom stereocenters. The van der Waals surface area contributed by atoms with Gasteiger partial charge < -0.3 is 15.1 Å². The Morgan fingerprint density at radius 3 is 2.71 bits per heavy atom. The van der Waals surface area contributed by atoms with Gasteiger partial charge in [0, 0.05) is 24.2 Å². The van der Waals surface area contributed by atoms with Gasteiger partial charge >= 0.3 is 0 Å². The summed E-state index contributed by atoms with van der Waals surface area (Å²) in [6.07, 6.45) is 4.12. The number of nitro groups is 1. The second-order valence-corrected chi connectivity index (χ2v) is 5.93. The van der Waals surface area contributed by atoms with Gasteiger partial charge in [-0.1, -0.05) is 0 Å². The molecule has 2 bridgehead atoms. The standard InChI is InChI=1S/C14H16N4O3/c15-8-5-9-1-2-10(6-8)17(9)14-16-12-4-3-11(18(19)20)7-13(12)21-14/h3-4,7-10H,1-2,5-6,15H2. The second kappa shape index (κ2) is 4.42. The van der Waals surface area contributed by atoms with E-state index in [9.17, 15) is 10.1 Å². The van der Waals surface area contributed by atoms with Crippen molar-refractivity contribution >= 4 is 22.8 Å². The van der Waals surface area contributed by atoms with E-state index in [1.54, 1.807) is 6.07 Å². The van der Waals surface area contributed by atoms with Crippen LogP contribution < -0.4 is 10.6 Å². The van der Waals surface area contributed by atoms with Crippen LogP contribution >= 0.6 is 0 Å². The van der Waals surface area contributed by atoms with Crippen LogP contribution in [0, 0.1) is 10.1 Å². The monoisotopic (exact) mass is 288 g/mol. The van der Waals surface area contributed by atoms with Gasteiger partial charge in [0.1, 0.15) is 5.52 Å². The van der Waals surface area contributed by atoms with E-state index in [-0.39, 0.29) is 11.7 Å². The third-order valence-electron chi connectivity index (χ3n) is 4.56. The molecule has 1 aromatic carbocycles. The van der Waals surface area contributed by atoms with Gasteiger partial charge in [0.15, 0.2) is 5.58 Å². The molecule has 4 rings (SSSR count). The number of aromatic nitrogens is 1. The molecular weight excluding hydrogens is 272 g/mol. The van der Waals surface area contributed by atoms with Crippen LogP contribution in [0.15, 0.2) is 22.6 Å². The van der Waals surface area contributed by atoms with Gasteiger partial charge in [-0.3, -0.25) is 10.1 Å². The number of rotatable bonds is 2. The SMILES string of the molecule is NC1CC2CCC(C1)N2c1nc2ccc([N+](=O)[O-])cc2o1. The average Bonchev–Trinajstić information content (AvgIpc) is 2.96. The summed E-state index contributed by atoms with van der Waals surface area (Å²) in [4.78, 5) is 17.1. The smallest absolute Gasteiger partial charge is 0.298 e. The third kappa shape index (κ3) is 1.96. The van der Waals surface area contributed by atoms with Crippen LogP contribution in [0.2, 0.25) is 0 Å². The topological polar surface area (TPSA) is 98.4 Å². The average molecular weight is 288 g/mol. The molecule has 2 aliphatic rings. The van der Waals surface area contributed by atoms with Crippen molar-refractivity contribution in [2.24, 2.45) is 5.73 Å². The largest absolute Gasteiger partial charge is 0.423 e. The minimum Gasteiger partial charge on any atom is -0.423 e. The lowest BCUT2D eigenvalue weighted by Crippen LogP contribution is -2.47. The van der Waals surface area contributed by atoms with E-state index in [1.807, 2.05) is 0 Å². The molecular formula is C14H16N4O3. The molecule has 3 heterocycles. The highest BCUT2D eigenvalue weighted by Crippen LogP contribution is 2.39. The fourth-order valence-corrected chi connectivity index (χ4v) is 3.66. The Labute approximate surface area is 120 Å². The molecule has 7 nitrogen and oxygen atoms in total. The molecule has 2 aliphatic heterocycles. The van der Waals surface area contributed by atoms with Gasteiger partial charge in [0.2, 0.25) is 0 Å². The van der Waals surface area contributed by atoms with Crippen molar-refractivity contribution in [3.05, 3.63) is 28.3 Å². The molecule has 0 saturated carbocycles. The number of fused-ring (bicyclic) bond motifs is 3. The number of nitro benzene ring substituents is 1. The van der Waals surface area contributed by atoms with E-state index >= 15 is 0 Å². The minimum atomic E-state index is -0.425. The van der Waals surface area contributed by atoms with Crippen molar-refractivity contribution in [1.82, 2.24) is 4.98 Å². The maximum Gasteiger partial charge on any atom is 0.298 e. The van der Waals surface area contributed by atoms with Gasteiger partial charge in [-0.2, -0.15) is 4.98 Å². The molecule has 2 fully saturated rings. The Hall–Kier alpha value is -2.15. The lowest BCUT2D eigenvalue weighted by molar-refractivity contribution is -0.384. The number of anilines is 1. The van der Waals surface area contributed by atoms with E-state index in [0.29, 0.717) is 29.2 Å². The van der Waals surface area contributed by atoms with Gasteiger partial charge in [-0.05, 0) is 31.7 Å². The van der Waals surface area contributed by atoms with Crippen molar-refractivity contribution in [3.63, 3.8) is 0 Å². The molecule has 1 aromatic heterocycles. The zero-order valence-electron chi connectivity index (χ0n) is 11.4. The number of hydrogen-bond acceptors (Lipinski definition) is 6. The van der Waals surface area contributed by atoms with E-state index < -0.39 is 4.92 Å². The highest BCUT2D eigenvalue weighted by molar-refractivity contribution is 5.77. The molecule has 7 heteroatoms. The lowest BCUT2D eigenvalue weighted by atomic mass is 9.99. The quantitative estimate of drug-likeness (QED) is 0.672. The van der Waals surface area contributed by atoms with Gasteiger partial charge in [0.25, 0.3) is 11.7 Å². The molecule has 110 valence electrons. The van der Waals surface area contributed by atoms with Gasteiger partial charge in [-0.15, -0.1) is 0 Å². The van der Waals surface area contributed by atoms with Crippen LogP contribution in [0.5, 0.6) is 0 Å². The predicted octanol–water partition coefficient (Wildman–Crippen LogP) is 2.19. The Balaban J connectivity index is 1.73.